The second kappa shape index (κ2) is 7.87. The van der Waals surface area contributed by atoms with Crippen molar-refractivity contribution in [3.63, 3.8) is 0 Å². The molecule has 0 atom stereocenters. The van der Waals surface area contributed by atoms with Gasteiger partial charge in [-0.1, -0.05) is 30.3 Å². The summed E-state index contributed by atoms with van der Waals surface area (Å²) in [5.74, 6) is 1.41. The Kier molecular flexibility index (Phi) is 5.12. The molecule has 148 valence electrons. The molecule has 0 radical (unpaired) electrons. The van der Waals surface area contributed by atoms with Crippen LogP contribution in [0.5, 0.6) is 11.5 Å². The lowest BCUT2D eigenvalue weighted by atomic mass is 10.1. The number of nitrogens with zero attached hydrogens (tertiary/aromatic N) is 1. The molecule has 0 unspecified atom stereocenters. The van der Waals surface area contributed by atoms with E-state index in [4.69, 9.17) is 9.47 Å². The molecule has 0 saturated heterocycles. The summed E-state index contributed by atoms with van der Waals surface area (Å²) in [5.41, 5.74) is 6.81. The Hall–Kier alpha value is -3.47. The molecule has 0 aliphatic heterocycles. The summed E-state index contributed by atoms with van der Waals surface area (Å²) in [6.45, 7) is 0.426. The van der Waals surface area contributed by atoms with Crippen molar-refractivity contribution in [2.24, 2.45) is 0 Å². The van der Waals surface area contributed by atoms with Gasteiger partial charge in [0.05, 0.1) is 20.8 Å². The number of benzene rings is 3. The zero-order valence-corrected chi connectivity index (χ0v) is 16.9. The third kappa shape index (κ3) is 3.76. The van der Waals surface area contributed by atoms with Gasteiger partial charge >= 0.3 is 6.03 Å². The number of amides is 2. The van der Waals surface area contributed by atoms with Crippen LogP contribution < -0.4 is 14.8 Å². The minimum atomic E-state index is -0.168. The Morgan fingerprint density at radius 3 is 2.55 bits per heavy atom. The molecule has 1 aliphatic rings. The molecule has 0 spiro atoms. The van der Waals surface area contributed by atoms with Gasteiger partial charge in [-0.05, 0) is 52.9 Å². The second-order valence-electron chi connectivity index (χ2n) is 7.17. The molecule has 3 aromatic rings. The molecule has 1 N–H and O–H groups in total. The van der Waals surface area contributed by atoms with Crippen LogP contribution >= 0.6 is 0 Å². The van der Waals surface area contributed by atoms with Crippen molar-refractivity contribution in [2.45, 2.75) is 13.0 Å². The number of anilines is 1. The summed E-state index contributed by atoms with van der Waals surface area (Å²) in [6, 6.07) is 20.0. The molecule has 5 nitrogen and oxygen atoms in total. The summed E-state index contributed by atoms with van der Waals surface area (Å²) in [7, 11) is 4.99. The molecule has 0 fully saturated rings. The number of carbonyl (C=O) groups is 1. The highest BCUT2D eigenvalue weighted by atomic mass is 16.5. The fourth-order valence-electron chi connectivity index (χ4n) is 3.75. The Morgan fingerprint density at radius 1 is 0.966 bits per heavy atom. The molecule has 0 aromatic heterocycles. The number of fused-ring (bicyclic) bond motifs is 3. The first kappa shape index (κ1) is 18.9. The van der Waals surface area contributed by atoms with E-state index in [1.54, 1.807) is 26.2 Å². The van der Waals surface area contributed by atoms with Crippen LogP contribution in [0.1, 0.15) is 16.7 Å². The summed E-state index contributed by atoms with van der Waals surface area (Å²) in [5, 5.41) is 3.00. The number of urea groups is 1. The summed E-state index contributed by atoms with van der Waals surface area (Å²) >= 11 is 0. The van der Waals surface area contributed by atoms with Gasteiger partial charge in [-0.25, -0.2) is 4.79 Å². The van der Waals surface area contributed by atoms with Crippen LogP contribution in [0, 0.1) is 0 Å². The molecular weight excluding hydrogens is 364 g/mol. The van der Waals surface area contributed by atoms with Crippen LogP contribution in [0.4, 0.5) is 10.5 Å². The van der Waals surface area contributed by atoms with Crippen LogP contribution in [-0.2, 0) is 13.0 Å². The first-order valence-corrected chi connectivity index (χ1v) is 9.53. The van der Waals surface area contributed by atoms with E-state index < -0.39 is 0 Å². The smallest absolute Gasteiger partial charge is 0.321 e. The minimum Gasteiger partial charge on any atom is -0.497 e. The van der Waals surface area contributed by atoms with Gasteiger partial charge in [0.25, 0.3) is 0 Å². The van der Waals surface area contributed by atoms with Gasteiger partial charge in [-0.3, -0.25) is 0 Å². The van der Waals surface area contributed by atoms with E-state index in [1.807, 2.05) is 24.3 Å². The Morgan fingerprint density at radius 2 is 1.76 bits per heavy atom. The molecule has 2 amide bonds. The highest BCUT2D eigenvalue weighted by molar-refractivity contribution is 5.90. The van der Waals surface area contributed by atoms with Gasteiger partial charge in [0.1, 0.15) is 11.5 Å². The largest absolute Gasteiger partial charge is 0.497 e. The molecule has 5 heteroatoms. The van der Waals surface area contributed by atoms with Crippen LogP contribution in [-0.4, -0.2) is 32.2 Å². The van der Waals surface area contributed by atoms with Crippen molar-refractivity contribution in [3.05, 3.63) is 77.4 Å². The third-order valence-corrected chi connectivity index (χ3v) is 5.29. The number of rotatable bonds is 5. The number of nitrogens with one attached hydrogen (secondary N) is 1. The third-order valence-electron chi connectivity index (χ3n) is 5.29. The number of carbonyl (C=O) groups excluding carboxylic acids is 1. The van der Waals surface area contributed by atoms with Gasteiger partial charge in [-0.2, -0.15) is 0 Å². The number of ether oxygens (including phenoxy) is 2. The van der Waals surface area contributed by atoms with Gasteiger partial charge in [-0.15, -0.1) is 0 Å². The molecule has 3 aromatic carbocycles. The average Bonchev–Trinajstić information content (AvgIpc) is 3.11. The molecule has 4 rings (SSSR count). The first-order valence-electron chi connectivity index (χ1n) is 9.53. The Balaban J connectivity index is 1.45. The first-order chi connectivity index (χ1) is 14.1. The number of hydrogen-bond acceptors (Lipinski definition) is 3. The molecule has 0 saturated carbocycles. The van der Waals surface area contributed by atoms with Crippen LogP contribution in [0.25, 0.3) is 11.1 Å². The molecule has 1 aliphatic carbocycles. The zero-order chi connectivity index (χ0) is 20.4. The summed E-state index contributed by atoms with van der Waals surface area (Å²) < 4.78 is 10.7. The zero-order valence-electron chi connectivity index (χ0n) is 16.9. The van der Waals surface area contributed by atoms with Crippen molar-refractivity contribution < 1.29 is 14.3 Å². The Labute approximate surface area is 170 Å². The highest BCUT2D eigenvalue weighted by Crippen LogP contribution is 2.37. The van der Waals surface area contributed by atoms with E-state index in [9.17, 15) is 4.79 Å². The van der Waals surface area contributed by atoms with Crippen LogP contribution in [0.3, 0.4) is 0 Å². The van der Waals surface area contributed by atoms with E-state index in [-0.39, 0.29) is 6.03 Å². The maximum Gasteiger partial charge on any atom is 0.321 e. The van der Waals surface area contributed by atoms with Crippen molar-refractivity contribution >= 4 is 11.7 Å². The number of hydrogen-bond donors (Lipinski definition) is 1. The fourth-order valence-corrected chi connectivity index (χ4v) is 3.75. The number of methoxy groups -OCH3 is 2. The highest BCUT2D eigenvalue weighted by Gasteiger charge is 2.19. The predicted octanol–water partition coefficient (Wildman–Crippen LogP) is 4.94. The lowest BCUT2D eigenvalue weighted by Crippen LogP contribution is -2.31. The molecule has 0 heterocycles. The van der Waals surface area contributed by atoms with E-state index in [0.717, 1.165) is 23.4 Å². The lowest BCUT2D eigenvalue weighted by molar-refractivity contribution is 0.220. The standard InChI is InChI=1S/C24H24N2O3/c1-26(15-17-8-10-20(28-2)14-23(17)29-3)24(27)25-19-9-11-22-18(13-19)12-16-6-4-5-7-21(16)22/h4-11,13-14H,12,15H2,1-3H3,(H,25,27). The normalized spacial score (nSPS) is 11.4. The van der Waals surface area contributed by atoms with Crippen LogP contribution in [0.2, 0.25) is 0 Å². The van der Waals surface area contributed by atoms with E-state index in [2.05, 4.69) is 41.7 Å². The average molecular weight is 388 g/mol. The fraction of sp³-hybridized carbons (Fsp3) is 0.208. The van der Waals surface area contributed by atoms with Crippen molar-refractivity contribution in [1.29, 1.82) is 0 Å². The van der Waals surface area contributed by atoms with Crippen molar-refractivity contribution in [1.82, 2.24) is 4.90 Å². The quantitative estimate of drug-likeness (QED) is 0.527. The maximum atomic E-state index is 12.7. The van der Waals surface area contributed by atoms with Gasteiger partial charge < -0.3 is 19.7 Å². The summed E-state index contributed by atoms with van der Waals surface area (Å²) in [4.78, 5) is 14.3. The predicted molar refractivity (Wildman–Crippen MR) is 115 cm³/mol. The maximum absolute atomic E-state index is 12.7. The molecule has 29 heavy (non-hydrogen) atoms. The molecular formula is C24H24N2O3. The van der Waals surface area contributed by atoms with E-state index >= 15 is 0 Å². The van der Waals surface area contributed by atoms with Crippen molar-refractivity contribution in [3.8, 4) is 22.6 Å². The SMILES string of the molecule is COc1ccc(CN(C)C(=O)Nc2ccc3c(c2)Cc2ccccc2-3)c(OC)c1. The lowest BCUT2D eigenvalue weighted by Gasteiger charge is -2.20. The van der Waals surface area contributed by atoms with Gasteiger partial charge in [0.15, 0.2) is 0 Å². The topological polar surface area (TPSA) is 50.8 Å². The monoisotopic (exact) mass is 388 g/mol. The second-order valence-corrected chi connectivity index (χ2v) is 7.17. The van der Waals surface area contributed by atoms with Gasteiger partial charge in [0, 0.05) is 24.4 Å². The molecule has 0 bridgehead atoms. The van der Waals surface area contributed by atoms with Crippen molar-refractivity contribution in [2.75, 3.05) is 26.6 Å². The summed E-state index contributed by atoms with van der Waals surface area (Å²) in [6.07, 6.45) is 0.897. The Bertz CT molecular complexity index is 1060. The van der Waals surface area contributed by atoms with Gasteiger partial charge in [0.2, 0.25) is 0 Å². The minimum absolute atomic E-state index is 0.168. The van der Waals surface area contributed by atoms with E-state index in [1.165, 1.54) is 22.3 Å². The van der Waals surface area contributed by atoms with Crippen LogP contribution in [0.15, 0.2) is 60.7 Å². The van der Waals surface area contributed by atoms with E-state index in [0.29, 0.717) is 12.3 Å².